The molecular formula is C12H17N7O. The number of carbonyl (C=O) groups is 1. The number of tetrazole rings is 1. The van der Waals surface area contributed by atoms with E-state index in [9.17, 15) is 4.79 Å². The molecule has 0 saturated carbocycles. The van der Waals surface area contributed by atoms with Crippen LogP contribution in [0.15, 0.2) is 12.3 Å². The second-order valence-corrected chi connectivity index (χ2v) is 5.09. The minimum Gasteiger partial charge on any atom is -0.337 e. The number of hydrogen-bond acceptors (Lipinski definition) is 5. The second kappa shape index (κ2) is 5.03. The van der Waals surface area contributed by atoms with Crippen LogP contribution in [0.1, 0.15) is 35.1 Å². The number of piperidine rings is 1. The molecule has 8 heteroatoms. The van der Waals surface area contributed by atoms with Gasteiger partial charge in [-0.15, -0.1) is 5.10 Å². The Morgan fingerprint density at radius 2 is 2.20 bits per heavy atom. The smallest absolute Gasteiger partial charge is 0.272 e. The lowest BCUT2D eigenvalue weighted by Crippen LogP contribution is -2.40. The highest BCUT2D eigenvalue weighted by molar-refractivity contribution is 5.92. The summed E-state index contributed by atoms with van der Waals surface area (Å²) in [4.78, 5) is 14.3. The average molecular weight is 275 g/mol. The molecule has 0 aromatic carbocycles. The van der Waals surface area contributed by atoms with E-state index in [0.29, 0.717) is 12.2 Å². The molecule has 1 unspecified atom stereocenters. The SMILES string of the molecule is Cn1nccc1C(=O)N1CCCC(c2nnnn2C)C1. The van der Waals surface area contributed by atoms with Gasteiger partial charge in [-0.3, -0.25) is 9.48 Å². The molecule has 1 aliphatic heterocycles. The number of aromatic nitrogens is 6. The quantitative estimate of drug-likeness (QED) is 0.768. The Bertz CT molecular complexity index is 617. The first kappa shape index (κ1) is 12.8. The van der Waals surface area contributed by atoms with Gasteiger partial charge in [0.1, 0.15) is 5.69 Å². The van der Waals surface area contributed by atoms with E-state index in [1.54, 1.807) is 28.7 Å². The van der Waals surface area contributed by atoms with Crippen LogP contribution in [0.5, 0.6) is 0 Å². The fourth-order valence-corrected chi connectivity index (χ4v) is 2.70. The van der Waals surface area contributed by atoms with Gasteiger partial charge in [-0.1, -0.05) is 0 Å². The van der Waals surface area contributed by atoms with Gasteiger partial charge >= 0.3 is 0 Å². The molecule has 2 aromatic heterocycles. The van der Waals surface area contributed by atoms with E-state index in [2.05, 4.69) is 20.6 Å². The van der Waals surface area contributed by atoms with E-state index in [0.717, 1.165) is 25.2 Å². The van der Waals surface area contributed by atoms with Crippen LogP contribution in [0.2, 0.25) is 0 Å². The summed E-state index contributed by atoms with van der Waals surface area (Å²) in [7, 11) is 3.61. The van der Waals surface area contributed by atoms with Crippen molar-refractivity contribution < 1.29 is 4.79 Å². The number of carbonyl (C=O) groups excluding carboxylic acids is 1. The van der Waals surface area contributed by atoms with Gasteiger partial charge in [-0.25, -0.2) is 4.68 Å². The molecule has 8 nitrogen and oxygen atoms in total. The number of likely N-dealkylation sites (tertiary alicyclic amines) is 1. The van der Waals surface area contributed by atoms with E-state index < -0.39 is 0 Å². The topological polar surface area (TPSA) is 81.7 Å². The summed E-state index contributed by atoms with van der Waals surface area (Å²) in [6, 6.07) is 1.75. The zero-order valence-electron chi connectivity index (χ0n) is 11.6. The Morgan fingerprint density at radius 1 is 1.35 bits per heavy atom. The van der Waals surface area contributed by atoms with Crippen LogP contribution in [0.25, 0.3) is 0 Å². The van der Waals surface area contributed by atoms with Crippen molar-refractivity contribution >= 4 is 5.91 Å². The Kier molecular flexibility index (Phi) is 3.21. The summed E-state index contributed by atoms with van der Waals surface area (Å²) in [6.45, 7) is 1.42. The van der Waals surface area contributed by atoms with Crippen molar-refractivity contribution in [2.45, 2.75) is 18.8 Å². The first-order valence-corrected chi connectivity index (χ1v) is 6.66. The van der Waals surface area contributed by atoms with Gasteiger partial charge in [-0.05, 0) is 29.3 Å². The molecular weight excluding hydrogens is 258 g/mol. The van der Waals surface area contributed by atoms with E-state index in [1.165, 1.54) is 0 Å². The van der Waals surface area contributed by atoms with E-state index in [1.807, 2.05) is 11.9 Å². The number of rotatable bonds is 2. The molecule has 1 atom stereocenters. The number of aryl methyl sites for hydroxylation is 2. The number of amides is 1. The van der Waals surface area contributed by atoms with Gasteiger partial charge in [0.05, 0.1) is 0 Å². The average Bonchev–Trinajstić information content (AvgIpc) is 3.07. The minimum atomic E-state index is 0.0184. The predicted molar refractivity (Wildman–Crippen MR) is 69.9 cm³/mol. The van der Waals surface area contributed by atoms with Crippen molar-refractivity contribution in [1.82, 2.24) is 34.9 Å². The Labute approximate surface area is 116 Å². The standard InChI is InChI=1S/C12H17N7O/c1-17-10(5-6-13-17)12(20)19-7-3-4-9(8-19)11-14-15-16-18(11)2/h5-6,9H,3-4,7-8H2,1-2H3. The molecule has 1 saturated heterocycles. The molecule has 0 N–H and O–H groups in total. The Morgan fingerprint density at radius 3 is 2.85 bits per heavy atom. The third-order valence-electron chi connectivity index (χ3n) is 3.77. The largest absolute Gasteiger partial charge is 0.337 e. The van der Waals surface area contributed by atoms with Crippen LogP contribution in [-0.4, -0.2) is 53.9 Å². The Balaban J connectivity index is 1.77. The second-order valence-electron chi connectivity index (χ2n) is 5.09. The minimum absolute atomic E-state index is 0.0184. The molecule has 3 heterocycles. The van der Waals surface area contributed by atoms with Crippen LogP contribution in [0.4, 0.5) is 0 Å². The molecule has 0 aliphatic carbocycles. The molecule has 1 aliphatic rings. The van der Waals surface area contributed by atoms with Crippen molar-refractivity contribution in [3.63, 3.8) is 0 Å². The summed E-state index contributed by atoms with van der Waals surface area (Å²) in [5.41, 5.74) is 0.613. The molecule has 0 radical (unpaired) electrons. The third-order valence-corrected chi connectivity index (χ3v) is 3.77. The van der Waals surface area contributed by atoms with Crippen molar-refractivity contribution in [2.24, 2.45) is 14.1 Å². The van der Waals surface area contributed by atoms with Crippen molar-refractivity contribution in [1.29, 1.82) is 0 Å². The van der Waals surface area contributed by atoms with Gasteiger partial charge in [0.2, 0.25) is 0 Å². The molecule has 0 spiro atoms. The molecule has 2 aromatic rings. The van der Waals surface area contributed by atoms with E-state index >= 15 is 0 Å². The molecule has 0 bridgehead atoms. The molecule has 20 heavy (non-hydrogen) atoms. The zero-order valence-corrected chi connectivity index (χ0v) is 11.6. The summed E-state index contributed by atoms with van der Waals surface area (Å²) < 4.78 is 3.29. The summed E-state index contributed by atoms with van der Waals surface area (Å²) in [5.74, 6) is 1.05. The maximum absolute atomic E-state index is 12.5. The highest BCUT2D eigenvalue weighted by Crippen LogP contribution is 2.25. The summed E-state index contributed by atoms with van der Waals surface area (Å²) in [5, 5.41) is 15.6. The lowest BCUT2D eigenvalue weighted by atomic mass is 9.97. The first-order valence-electron chi connectivity index (χ1n) is 6.66. The monoisotopic (exact) mass is 275 g/mol. The molecule has 1 fully saturated rings. The van der Waals surface area contributed by atoms with Gasteiger partial charge in [-0.2, -0.15) is 5.10 Å². The van der Waals surface area contributed by atoms with Gasteiger partial charge in [0.15, 0.2) is 5.82 Å². The fraction of sp³-hybridized carbons (Fsp3) is 0.583. The lowest BCUT2D eigenvalue weighted by molar-refractivity contribution is 0.0692. The number of nitrogens with zero attached hydrogens (tertiary/aromatic N) is 7. The third kappa shape index (κ3) is 2.17. The highest BCUT2D eigenvalue weighted by atomic mass is 16.2. The van der Waals surface area contributed by atoms with Crippen LogP contribution in [-0.2, 0) is 14.1 Å². The first-order chi connectivity index (χ1) is 9.66. The van der Waals surface area contributed by atoms with Gasteiger partial charge in [0, 0.05) is 39.3 Å². The van der Waals surface area contributed by atoms with Crippen molar-refractivity contribution in [2.75, 3.05) is 13.1 Å². The molecule has 106 valence electrons. The van der Waals surface area contributed by atoms with Crippen molar-refractivity contribution in [3.05, 3.63) is 23.8 Å². The van der Waals surface area contributed by atoms with Crippen LogP contribution < -0.4 is 0 Å². The maximum Gasteiger partial charge on any atom is 0.272 e. The van der Waals surface area contributed by atoms with E-state index in [4.69, 9.17) is 0 Å². The molecule has 1 amide bonds. The predicted octanol–water partition coefficient (Wildman–Crippen LogP) is -0.0366. The summed E-state index contributed by atoms with van der Waals surface area (Å²) >= 11 is 0. The van der Waals surface area contributed by atoms with Crippen LogP contribution in [0, 0.1) is 0 Å². The van der Waals surface area contributed by atoms with Crippen LogP contribution >= 0.6 is 0 Å². The van der Waals surface area contributed by atoms with Gasteiger partial charge in [0.25, 0.3) is 5.91 Å². The zero-order chi connectivity index (χ0) is 14.1. The molecule has 3 rings (SSSR count). The lowest BCUT2D eigenvalue weighted by Gasteiger charge is -2.31. The normalized spacial score (nSPS) is 19.3. The van der Waals surface area contributed by atoms with Gasteiger partial charge < -0.3 is 4.90 Å². The maximum atomic E-state index is 12.5. The summed E-state index contributed by atoms with van der Waals surface area (Å²) in [6.07, 6.45) is 3.60. The Hall–Kier alpha value is -2.25. The fourth-order valence-electron chi connectivity index (χ4n) is 2.70. The van der Waals surface area contributed by atoms with Crippen LogP contribution in [0.3, 0.4) is 0 Å². The number of hydrogen-bond donors (Lipinski definition) is 0. The van der Waals surface area contributed by atoms with E-state index in [-0.39, 0.29) is 11.8 Å². The van der Waals surface area contributed by atoms with Crippen molar-refractivity contribution in [3.8, 4) is 0 Å². The highest BCUT2D eigenvalue weighted by Gasteiger charge is 2.29.